The zero-order valence-electron chi connectivity index (χ0n) is 12.0. The van der Waals surface area contributed by atoms with Crippen LogP contribution in [-0.2, 0) is 0 Å². The smallest absolute Gasteiger partial charge is 0.127 e. The minimum atomic E-state index is 0.303. The van der Waals surface area contributed by atoms with E-state index in [-0.39, 0.29) is 0 Å². The zero-order valence-corrected chi connectivity index (χ0v) is 12.0. The van der Waals surface area contributed by atoms with E-state index in [0.29, 0.717) is 12.1 Å². The van der Waals surface area contributed by atoms with Crippen molar-refractivity contribution >= 4 is 0 Å². The van der Waals surface area contributed by atoms with Gasteiger partial charge in [0.05, 0.1) is 6.04 Å². The highest BCUT2D eigenvalue weighted by Crippen LogP contribution is 2.41. The molecule has 1 aliphatic rings. The number of hydrogen-bond donors (Lipinski definition) is 1. The number of benzene rings is 1. The van der Waals surface area contributed by atoms with Crippen LogP contribution < -0.4 is 10.1 Å². The van der Waals surface area contributed by atoms with E-state index in [9.17, 15) is 0 Å². The van der Waals surface area contributed by atoms with Crippen molar-refractivity contribution in [3.63, 3.8) is 0 Å². The van der Waals surface area contributed by atoms with Crippen LogP contribution in [0, 0.1) is 13.8 Å². The van der Waals surface area contributed by atoms with Gasteiger partial charge in [-0.05, 0) is 44.4 Å². The highest BCUT2D eigenvalue weighted by atomic mass is 16.5. The average Bonchev–Trinajstić information content (AvgIpc) is 2.71. The average molecular weight is 247 g/mol. The van der Waals surface area contributed by atoms with Gasteiger partial charge in [0, 0.05) is 5.56 Å². The topological polar surface area (TPSA) is 21.3 Å². The normalized spacial score (nSPS) is 21.8. The summed E-state index contributed by atoms with van der Waals surface area (Å²) in [6.45, 7) is 9.81. The highest BCUT2D eigenvalue weighted by molar-refractivity contribution is 5.49. The van der Waals surface area contributed by atoms with Crippen LogP contribution in [0.2, 0.25) is 0 Å². The van der Waals surface area contributed by atoms with E-state index in [1.54, 1.807) is 0 Å². The largest absolute Gasteiger partial charge is 0.488 e. The Balaban J connectivity index is 2.29. The second kappa shape index (κ2) is 5.75. The molecule has 2 nitrogen and oxygen atoms in total. The summed E-state index contributed by atoms with van der Waals surface area (Å²) in [6.07, 6.45) is 3.75. The van der Waals surface area contributed by atoms with Gasteiger partial charge in [0.2, 0.25) is 0 Å². The van der Waals surface area contributed by atoms with Crippen molar-refractivity contribution in [2.24, 2.45) is 0 Å². The first kappa shape index (κ1) is 13.4. The molecular formula is C16H25NO. The third-order valence-corrected chi connectivity index (χ3v) is 3.87. The SMILES string of the molecule is CCCNC1c2ccc(C)c(C)c2OC1CCC. The summed E-state index contributed by atoms with van der Waals surface area (Å²) in [4.78, 5) is 0. The van der Waals surface area contributed by atoms with E-state index in [1.807, 2.05) is 0 Å². The summed E-state index contributed by atoms with van der Waals surface area (Å²) >= 11 is 0. The lowest BCUT2D eigenvalue weighted by Gasteiger charge is -2.19. The van der Waals surface area contributed by atoms with Crippen molar-refractivity contribution in [2.75, 3.05) is 6.54 Å². The van der Waals surface area contributed by atoms with Crippen molar-refractivity contribution in [3.05, 3.63) is 28.8 Å². The van der Waals surface area contributed by atoms with Crippen LogP contribution in [0.1, 0.15) is 55.8 Å². The Kier molecular flexibility index (Phi) is 4.28. The van der Waals surface area contributed by atoms with Gasteiger partial charge in [-0.2, -0.15) is 0 Å². The molecule has 1 N–H and O–H groups in total. The molecule has 0 saturated carbocycles. The first-order chi connectivity index (χ1) is 8.69. The maximum absolute atomic E-state index is 6.21. The fourth-order valence-electron chi connectivity index (χ4n) is 2.68. The number of rotatable bonds is 5. The molecule has 1 aromatic rings. The Morgan fingerprint density at radius 1 is 1.17 bits per heavy atom. The summed E-state index contributed by atoms with van der Waals surface area (Å²) in [7, 11) is 0. The summed E-state index contributed by atoms with van der Waals surface area (Å²) < 4.78 is 6.21. The number of ether oxygens (including phenoxy) is 1. The second-order valence-corrected chi connectivity index (χ2v) is 5.30. The third-order valence-electron chi connectivity index (χ3n) is 3.87. The summed E-state index contributed by atoms with van der Waals surface area (Å²) in [6, 6.07) is 4.83. The second-order valence-electron chi connectivity index (χ2n) is 5.30. The molecule has 1 aliphatic heterocycles. The van der Waals surface area contributed by atoms with E-state index in [2.05, 4.69) is 45.1 Å². The Labute approximate surface area is 111 Å². The number of fused-ring (bicyclic) bond motifs is 1. The van der Waals surface area contributed by atoms with Gasteiger partial charge in [-0.1, -0.05) is 32.4 Å². The lowest BCUT2D eigenvalue weighted by atomic mass is 9.97. The Hall–Kier alpha value is -1.02. The monoisotopic (exact) mass is 247 g/mol. The Morgan fingerprint density at radius 2 is 1.94 bits per heavy atom. The molecule has 0 aromatic heterocycles. The summed E-state index contributed by atoms with van der Waals surface area (Å²) in [5, 5.41) is 3.64. The molecule has 2 unspecified atom stereocenters. The lowest BCUT2D eigenvalue weighted by Crippen LogP contribution is -2.31. The molecule has 2 atom stereocenters. The van der Waals surface area contributed by atoms with Crippen LogP contribution in [0.5, 0.6) is 5.75 Å². The van der Waals surface area contributed by atoms with Crippen molar-refractivity contribution in [1.82, 2.24) is 5.32 Å². The van der Waals surface area contributed by atoms with Gasteiger partial charge in [0.25, 0.3) is 0 Å². The molecular weight excluding hydrogens is 222 g/mol. The molecule has 0 bridgehead atoms. The van der Waals surface area contributed by atoms with Crippen molar-refractivity contribution < 1.29 is 4.74 Å². The van der Waals surface area contributed by atoms with Gasteiger partial charge >= 0.3 is 0 Å². The van der Waals surface area contributed by atoms with Gasteiger partial charge in [-0.25, -0.2) is 0 Å². The van der Waals surface area contributed by atoms with E-state index in [1.165, 1.54) is 23.1 Å². The predicted octanol–water partition coefficient (Wildman–Crippen LogP) is 3.91. The van der Waals surface area contributed by atoms with Crippen LogP contribution in [-0.4, -0.2) is 12.6 Å². The minimum absolute atomic E-state index is 0.303. The van der Waals surface area contributed by atoms with Crippen LogP contribution in [0.25, 0.3) is 0 Å². The maximum atomic E-state index is 6.21. The molecule has 0 spiro atoms. The van der Waals surface area contributed by atoms with Crippen molar-refractivity contribution in [3.8, 4) is 5.75 Å². The van der Waals surface area contributed by atoms with Gasteiger partial charge in [-0.15, -0.1) is 0 Å². The van der Waals surface area contributed by atoms with Crippen molar-refractivity contribution in [1.29, 1.82) is 0 Å². The fourth-order valence-corrected chi connectivity index (χ4v) is 2.68. The van der Waals surface area contributed by atoms with Gasteiger partial charge in [0.15, 0.2) is 0 Å². The number of nitrogens with one attached hydrogen (secondary N) is 1. The third kappa shape index (κ3) is 2.39. The van der Waals surface area contributed by atoms with E-state index in [0.717, 1.165) is 25.1 Å². The quantitative estimate of drug-likeness (QED) is 0.852. The Morgan fingerprint density at radius 3 is 2.61 bits per heavy atom. The minimum Gasteiger partial charge on any atom is -0.488 e. The van der Waals surface area contributed by atoms with Crippen LogP contribution in [0.3, 0.4) is 0 Å². The first-order valence-electron chi connectivity index (χ1n) is 7.19. The van der Waals surface area contributed by atoms with E-state index in [4.69, 9.17) is 4.74 Å². The summed E-state index contributed by atoms with van der Waals surface area (Å²) in [5.74, 6) is 1.13. The van der Waals surface area contributed by atoms with Crippen LogP contribution in [0.4, 0.5) is 0 Å². The number of hydrogen-bond acceptors (Lipinski definition) is 2. The first-order valence-corrected chi connectivity index (χ1v) is 7.19. The van der Waals surface area contributed by atoms with Crippen molar-refractivity contribution in [2.45, 2.75) is 59.1 Å². The Bertz CT molecular complexity index is 414. The molecule has 1 aromatic carbocycles. The maximum Gasteiger partial charge on any atom is 0.127 e. The lowest BCUT2D eigenvalue weighted by molar-refractivity contribution is 0.177. The molecule has 0 fully saturated rings. The molecule has 2 rings (SSSR count). The van der Waals surface area contributed by atoms with E-state index < -0.39 is 0 Å². The summed E-state index contributed by atoms with van der Waals surface area (Å²) in [5.41, 5.74) is 3.97. The number of aryl methyl sites for hydroxylation is 1. The van der Waals surface area contributed by atoms with E-state index >= 15 is 0 Å². The zero-order chi connectivity index (χ0) is 13.1. The van der Waals surface area contributed by atoms with Gasteiger partial charge in [0.1, 0.15) is 11.9 Å². The van der Waals surface area contributed by atoms with Gasteiger partial charge in [-0.3, -0.25) is 0 Å². The fraction of sp³-hybridized carbons (Fsp3) is 0.625. The van der Waals surface area contributed by atoms with Gasteiger partial charge < -0.3 is 10.1 Å². The highest BCUT2D eigenvalue weighted by Gasteiger charge is 2.34. The predicted molar refractivity (Wildman–Crippen MR) is 76.3 cm³/mol. The molecule has 18 heavy (non-hydrogen) atoms. The van der Waals surface area contributed by atoms with Crippen LogP contribution in [0.15, 0.2) is 12.1 Å². The van der Waals surface area contributed by atoms with Crippen LogP contribution >= 0.6 is 0 Å². The molecule has 1 heterocycles. The standard InChI is InChI=1S/C16H25NO/c1-5-7-14-15(17-10-6-2)13-9-8-11(3)12(4)16(13)18-14/h8-9,14-15,17H,5-7,10H2,1-4H3. The molecule has 0 aliphatic carbocycles. The molecule has 0 amide bonds. The molecule has 2 heteroatoms. The molecule has 100 valence electrons. The molecule has 0 saturated heterocycles. The molecule has 0 radical (unpaired) electrons.